The molecule has 0 aliphatic rings. The highest BCUT2D eigenvalue weighted by atomic mass is 16.6. The van der Waals surface area contributed by atoms with Gasteiger partial charge >= 0.3 is 35.8 Å². The summed E-state index contributed by atoms with van der Waals surface area (Å²) in [4.78, 5) is 70.4. The van der Waals surface area contributed by atoms with E-state index >= 15 is 0 Å². The third-order valence-electron chi connectivity index (χ3n) is 11.1. The molecule has 0 saturated carbocycles. The van der Waals surface area contributed by atoms with Crippen molar-refractivity contribution in [2.24, 2.45) is 5.92 Å². The van der Waals surface area contributed by atoms with E-state index in [0.29, 0.717) is 67.1 Å². The molecule has 0 rings (SSSR count). The first-order chi connectivity index (χ1) is 30.4. The first-order valence-corrected chi connectivity index (χ1v) is 24.6. The zero-order valence-electron chi connectivity index (χ0n) is 41.4. The summed E-state index contributed by atoms with van der Waals surface area (Å²) >= 11 is 0. The number of esters is 6. The first-order valence-electron chi connectivity index (χ1n) is 24.6. The van der Waals surface area contributed by atoms with Crippen LogP contribution in [0, 0.1) is 5.92 Å². The molecule has 0 spiro atoms. The van der Waals surface area contributed by atoms with E-state index in [-0.39, 0.29) is 68.7 Å². The van der Waals surface area contributed by atoms with Gasteiger partial charge in [-0.2, -0.15) is 0 Å². The number of rotatable bonds is 43. The lowest BCUT2D eigenvalue weighted by Gasteiger charge is -2.28. The van der Waals surface area contributed by atoms with Crippen LogP contribution in [-0.2, 0) is 57.2 Å². The van der Waals surface area contributed by atoms with Crippen LogP contribution in [0.5, 0.6) is 0 Å². The Morgan fingerprint density at radius 2 is 0.750 bits per heavy atom. The Hall–Kier alpha value is -3.30. The summed E-state index contributed by atoms with van der Waals surface area (Å²) < 4.78 is 32.2. The maximum Gasteiger partial charge on any atom is 0.361 e. The molecule has 0 aromatic heterocycles. The van der Waals surface area contributed by atoms with Crippen LogP contribution in [0.1, 0.15) is 175 Å². The highest BCUT2D eigenvalue weighted by molar-refractivity contribution is 5.71. The van der Waals surface area contributed by atoms with Gasteiger partial charge in [-0.3, -0.25) is 19.2 Å². The number of aliphatic hydroxyl groups is 1. The molecule has 15 nitrogen and oxygen atoms in total. The van der Waals surface area contributed by atoms with Gasteiger partial charge in [-0.1, -0.05) is 110 Å². The molecule has 1 N–H and O–H groups in total. The fraction of sp³-hybridized carbons (Fsp3) is 0.878. The van der Waals surface area contributed by atoms with Crippen molar-refractivity contribution in [1.29, 1.82) is 0 Å². The number of hydrogen-bond acceptors (Lipinski definition) is 13. The molecule has 0 radical (unpaired) electrons. The Kier molecular flexibility index (Phi) is 36.9. The van der Waals surface area contributed by atoms with Gasteiger partial charge in [-0.15, -0.1) is 0 Å². The standard InChI is InChI=1S/C49H92N2O13/c1-42(40-63-48(57)38-50(4,5)32-36-59-43(2)52)28-22-16-10-12-18-24-30-46(55)61-34-26-20-14-8-9-15-21-27-35-62-47(56)31-25-19-13-11-17-23-29-45(54)41-64-49(58)39-51(6,7)33-37-60-44(3)53/h42,45,54H,8-41H2,1-7H3/q+2. The van der Waals surface area contributed by atoms with Crippen molar-refractivity contribution in [1.82, 2.24) is 0 Å². The topological polar surface area (TPSA) is 178 Å². The maximum absolute atomic E-state index is 12.2. The van der Waals surface area contributed by atoms with Crippen LogP contribution in [0.25, 0.3) is 0 Å². The Morgan fingerprint density at radius 3 is 1.16 bits per heavy atom. The summed E-state index contributed by atoms with van der Waals surface area (Å²) in [5.41, 5.74) is 0. The summed E-state index contributed by atoms with van der Waals surface area (Å²) in [7, 11) is 7.54. The number of hydrogen-bond donors (Lipinski definition) is 1. The van der Waals surface area contributed by atoms with Gasteiger partial charge in [-0.25, -0.2) is 9.59 Å². The van der Waals surface area contributed by atoms with Crippen molar-refractivity contribution in [2.75, 3.05) is 94.0 Å². The highest BCUT2D eigenvalue weighted by Gasteiger charge is 2.23. The minimum absolute atomic E-state index is 0.0193. The van der Waals surface area contributed by atoms with Gasteiger partial charge in [0.25, 0.3) is 0 Å². The number of quaternary nitrogens is 2. The number of likely N-dealkylation sites (N-methyl/N-ethyl adjacent to an activating group) is 2. The zero-order chi connectivity index (χ0) is 47.9. The molecule has 0 bridgehead atoms. The molecule has 0 aliphatic carbocycles. The number of carbonyl (C=O) groups excluding carboxylic acids is 6. The number of ether oxygens (including phenoxy) is 6. The van der Waals surface area contributed by atoms with Crippen molar-refractivity contribution in [3.63, 3.8) is 0 Å². The number of carbonyl (C=O) groups is 6. The zero-order valence-corrected chi connectivity index (χ0v) is 41.4. The Balaban J connectivity index is 3.52. The van der Waals surface area contributed by atoms with E-state index in [9.17, 15) is 33.9 Å². The van der Waals surface area contributed by atoms with Gasteiger partial charge in [0, 0.05) is 26.7 Å². The predicted molar refractivity (Wildman–Crippen MR) is 247 cm³/mol. The van der Waals surface area contributed by atoms with Crippen LogP contribution in [0.2, 0.25) is 0 Å². The van der Waals surface area contributed by atoms with E-state index in [1.807, 2.05) is 28.2 Å². The summed E-state index contributed by atoms with van der Waals surface area (Å²) in [6.07, 6.45) is 22.4. The number of aliphatic hydroxyl groups excluding tert-OH is 1. The lowest BCUT2D eigenvalue weighted by atomic mass is 10.0. The van der Waals surface area contributed by atoms with Crippen LogP contribution in [0.15, 0.2) is 0 Å². The Labute approximate surface area is 387 Å². The molecular formula is C49H92N2O13+2. The number of unbranched alkanes of at least 4 members (excludes halogenated alkanes) is 17. The van der Waals surface area contributed by atoms with Gasteiger partial charge < -0.3 is 42.5 Å². The maximum atomic E-state index is 12.2. The third-order valence-corrected chi connectivity index (χ3v) is 11.1. The first kappa shape index (κ1) is 60.7. The molecule has 374 valence electrons. The average Bonchev–Trinajstić information content (AvgIpc) is 3.20. The monoisotopic (exact) mass is 917 g/mol. The van der Waals surface area contributed by atoms with Crippen LogP contribution in [0.4, 0.5) is 0 Å². The molecule has 0 fully saturated rings. The molecule has 0 amide bonds. The van der Waals surface area contributed by atoms with Gasteiger partial charge in [0.2, 0.25) is 0 Å². The minimum atomic E-state index is -0.686. The van der Waals surface area contributed by atoms with Crippen molar-refractivity contribution >= 4 is 35.8 Å². The minimum Gasteiger partial charge on any atom is -0.466 e. The van der Waals surface area contributed by atoms with Crippen molar-refractivity contribution in [2.45, 2.75) is 181 Å². The normalized spacial score (nSPS) is 12.6. The second-order valence-electron chi connectivity index (χ2n) is 19.0. The van der Waals surface area contributed by atoms with E-state index in [2.05, 4.69) is 6.92 Å². The lowest BCUT2D eigenvalue weighted by molar-refractivity contribution is -0.883. The van der Waals surface area contributed by atoms with Crippen LogP contribution >= 0.6 is 0 Å². The molecule has 64 heavy (non-hydrogen) atoms. The number of nitrogens with zero attached hydrogens (tertiary/aromatic N) is 2. The van der Waals surface area contributed by atoms with Crippen LogP contribution < -0.4 is 0 Å². The lowest BCUT2D eigenvalue weighted by Crippen LogP contribution is -2.47. The summed E-state index contributed by atoms with van der Waals surface area (Å²) in [6.45, 7) is 8.16. The van der Waals surface area contributed by atoms with Crippen LogP contribution in [0.3, 0.4) is 0 Å². The van der Waals surface area contributed by atoms with E-state index in [1.165, 1.54) is 13.8 Å². The molecule has 0 heterocycles. The van der Waals surface area contributed by atoms with Gasteiger partial charge in [0.05, 0.1) is 54.1 Å². The third kappa shape index (κ3) is 42.6. The second-order valence-corrected chi connectivity index (χ2v) is 19.0. The smallest absolute Gasteiger partial charge is 0.361 e. The summed E-state index contributed by atoms with van der Waals surface area (Å²) in [6, 6.07) is 0. The van der Waals surface area contributed by atoms with Gasteiger partial charge in [-0.05, 0) is 44.4 Å². The predicted octanol–water partition coefficient (Wildman–Crippen LogP) is 7.80. The Bertz CT molecular complexity index is 1170. The van der Waals surface area contributed by atoms with Crippen LogP contribution in [-0.4, -0.2) is 150 Å². The molecule has 0 saturated heterocycles. The molecule has 15 heteroatoms. The Morgan fingerprint density at radius 1 is 0.406 bits per heavy atom. The van der Waals surface area contributed by atoms with Crippen molar-refractivity contribution in [3.8, 4) is 0 Å². The summed E-state index contributed by atoms with van der Waals surface area (Å²) in [5.74, 6) is -1.19. The SMILES string of the molecule is CC(=O)OCC[N+](C)(C)CC(=O)OCC(C)CCCCCCCCC(=O)OCCCCCCCCCCOC(=O)CCCCCCCCC(O)COC(=O)C[N+](C)(C)CCOC(C)=O. The van der Waals surface area contributed by atoms with Gasteiger partial charge in [0.15, 0.2) is 13.1 Å². The van der Waals surface area contributed by atoms with E-state index in [0.717, 1.165) is 135 Å². The molecule has 0 aromatic rings. The second kappa shape index (κ2) is 38.9. The fourth-order valence-corrected chi connectivity index (χ4v) is 7.02. The molecule has 0 aromatic carbocycles. The largest absolute Gasteiger partial charge is 0.466 e. The van der Waals surface area contributed by atoms with Crippen molar-refractivity contribution in [3.05, 3.63) is 0 Å². The highest BCUT2D eigenvalue weighted by Crippen LogP contribution is 2.15. The average molecular weight is 917 g/mol. The quantitative estimate of drug-likeness (QED) is 0.0272. The van der Waals surface area contributed by atoms with Crippen molar-refractivity contribution < 1.29 is 71.3 Å². The summed E-state index contributed by atoms with van der Waals surface area (Å²) in [5, 5.41) is 10.2. The molecule has 0 aliphatic heterocycles. The van der Waals surface area contributed by atoms with E-state index in [4.69, 9.17) is 28.4 Å². The van der Waals surface area contributed by atoms with E-state index < -0.39 is 6.10 Å². The van der Waals surface area contributed by atoms with E-state index in [1.54, 1.807) is 0 Å². The fourth-order valence-electron chi connectivity index (χ4n) is 7.02. The molecule has 2 atom stereocenters. The van der Waals surface area contributed by atoms with Gasteiger partial charge in [0.1, 0.15) is 32.9 Å². The molecular weight excluding hydrogens is 825 g/mol. The molecule has 2 unspecified atom stereocenters.